The lowest BCUT2D eigenvalue weighted by molar-refractivity contribution is -0.432. The summed E-state index contributed by atoms with van der Waals surface area (Å²) in [7, 11) is -11.6. The van der Waals surface area contributed by atoms with E-state index in [0.717, 1.165) is 0 Å². The molecule has 0 aliphatic rings. The molecule has 0 heterocycles. The maximum atomic E-state index is 14.5. The van der Waals surface area contributed by atoms with Crippen molar-refractivity contribution in [1.29, 1.82) is 0 Å². The highest BCUT2D eigenvalue weighted by atomic mass is 32.2. The molecule has 7 nitrogen and oxygen atoms in total. The minimum Gasteiger partial charge on any atom is -0.457 e. The molecule has 0 amide bonds. The number of benzene rings is 2. The summed E-state index contributed by atoms with van der Waals surface area (Å²) in [6, 6.07) is -0.864. The molecule has 2 aromatic carbocycles. The molecule has 0 radical (unpaired) electrons. The highest BCUT2D eigenvalue weighted by Gasteiger charge is 2.89. The van der Waals surface area contributed by atoms with Crippen molar-refractivity contribution in [3.63, 3.8) is 0 Å². The minimum absolute atomic E-state index is 0.0923. The van der Waals surface area contributed by atoms with E-state index in [-0.39, 0.29) is 48.5 Å². The van der Waals surface area contributed by atoms with Crippen molar-refractivity contribution in [2.75, 3.05) is 12.5 Å². The third kappa shape index (κ3) is 7.78. The van der Waals surface area contributed by atoms with Gasteiger partial charge in [0.15, 0.2) is 0 Å². The predicted molar refractivity (Wildman–Crippen MR) is 132 cm³/mol. The Kier molecular flexibility index (Phi) is 11.4. The van der Waals surface area contributed by atoms with Crippen molar-refractivity contribution in [2.24, 2.45) is 0 Å². The van der Waals surface area contributed by atoms with Crippen LogP contribution in [-0.4, -0.2) is 77.1 Å². The molecule has 0 fully saturated rings. The zero-order valence-electron chi connectivity index (χ0n) is 24.9. The lowest BCUT2D eigenvalue weighted by Crippen LogP contribution is -2.67. The van der Waals surface area contributed by atoms with Crippen molar-refractivity contribution in [3.8, 4) is 11.5 Å². The first-order valence-corrected chi connectivity index (χ1v) is 16.2. The molecule has 0 aliphatic carbocycles. The Morgan fingerprint density at radius 1 is 0.377 bits per heavy atom. The van der Waals surface area contributed by atoms with Crippen LogP contribution in [0.1, 0.15) is 11.1 Å². The Labute approximate surface area is 281 Å². The van der Waals surface area contributed by atoms with Gasteiger partial charge in [0.2, 0.25) is 0 Å². The van der Waals surface area contributed by atoms with Gasteiger partial charge >= 0.3 is 59.6 Å². The first-order chi connectivity index (χ1) is 23.1. The Balaban J connectivity index is 2.40. The summed E-state index contributed by atoms with van der Waals surface area (Å²) < 4.78 is 332. The molecule has 2 aromatic rings. The number of rotatable bonds is 16. The second-order valence-electron chi connectivity index (χ2n) is 10.4. The molecule has 304 valence electrons. The van der Waals surface area contributed by atoms with Gasteiger partial charge in [-0.25, -0.2) is 0 Å². The van der Waals surface area contributed by atoms with Crippen LogP contribution in [0.25, 0.3) is 0 Å². The summed E-state index contributed by atoms with van der Waals surface area (Å²) >= 11 is 0. The van der Waals surface area contributed by atoms with Gasteiger partial charge in [-0.2, -0.15) is 113 Å². The lowest BCUT2D eigenvalue weighted by atomic mass is 9.93. The standard InChI is InChI=1S/C24H14F20O7S2/c1-52(45,46)50-23(41,42)21(37,38)19(33,34)17(29,30)15(25,26)11-3-7-13(8-4-11)49-14-9-5-12(6-10-14)16(27,28)18(31,32)20(35,36)22(39,40)24(43,44)51-53(2,47)48/h3-10H,1-2H3. The number of hydrogen-bond donors (Lipinski definition) is 0. The van der Waals surface area contributed by atoms with E-state index in [9.17, 15) is 105 Å². The van der Waals surface area contributed by atoms with Crippen molar-refractivity contribution >= 4 is 20.2 Å². The number of alkyl halides is 20. The van der Waals surface area contributed by atoms with Gasteiger partial charge in [0.05, 0.1) is 12.5 Å². The third-order valence-corrected chi connectivity index (χ3v) is 7.30. The van der Waals surface area contributed by atoms with Crippen LogP contribution >= 0.6 is 0 Å². The average Bonchev–Trinajstić information content (AvgIpc) is 2.94. The molecule has 53 heavy (non-hydrogen) atoms. The first-order valence-electron chi connectivity index (χ1n) is 12.6. The predicted octanol–water partition coefficient (Wildman–Crippen LogP) is 8.61. The van der Waals surface area contributed by atoms with Gasteiger partial charge in [-0.1, -0.05) is 0 Å². The average molecular weight is 858 g/mol. The van der Waals surface area contributed by atoms with Crippen LogP contribution in [0.5, 0.6) is 11.5 Å². The fourth-order valence-corrected chi connectivity index (χ4v) is 4.57. The van der Waals surface area contributed by atoms with E-state index in [1.54, 1.807) is 0 Å². The zero-order valence-corrected chi connectivity index (χ0v) is 26.5. The number of hydrogen-bond acceptors (Lipinski definition) is 7. The van der Waals surface area contributed by atoms with E-state index in [0.29, 0.717) is 0 Å². The van der Waals surface area contributed by atoms with Gasteiger partial charge in [0.25, 0.3) is 20.2 Å². The molecule has 0 unspecified atom stereocenters. The Hall–Kier alpha value is -3.34. The summed E-state index contributed by atoms with van der Waals surface area (Å²) in [5, 5.41) is 0. The van der Waals surface area contributed by atoms with Crippen LogP contribution in [0.4, 0.5) is 87.8 Å². The van der Waals surface area contributed by atoms with E-state index in [4.69, 9.17) is 4.74 Å². The summed E-state index contributed by atoms with van der Waals surface area (Å²) in [5.41, 5.74) is -4.72. The minimum atomic E-state index is -7.79. The Morgan fingerprint density at radius 3 is 0.811 bits per heavy atom. The fourth-order valence-electron chi connectivity index (χ4n) is 3.60. The van der Waals surface area contributed by atoms with Crippen molar-refractivity contribution in [1.82, 2.24) is 0 Å². The highest BCUT2D eigenvalue weighted by Crippen LogP contribution is 2.61. The van der Waals surface area contributed by atoms with E-state index in [1.165, 1.54) is 0 Å². The number of ether oxygens (including phenoxy) is 1. The maximum Gasteiger partial charge on any atom is 0.439 e. The molecule has 0 saturated carbocycles. The third-order valence-electron chi connectivity index (χ3n) is 6.28. The second kappa shape index (κ2) is 13.2. The van der Waals surface area contributed by atoms with Gasteiger partial charge in [0, 0.05) is 11.1 Å². The van der Waals surface area contributed by atoms with Gasteiger partial charge in [-0.3, -0.25) is 0 Å². The Morgan fingerprint density at radius 2 is 0.604 bits per heavy atom. The smallest absolute Gasteiger partial charge is 0.439 e. The van der Waals surface area contributed by atoms with Gasteiger partial charge in [-0.15, -0.1) is 0 Å². The highest BCUT2D eigenvalue weighted by molar-refractivity contribution is 7.86. The molecule has 0 spiro atoms. The molecule has 0 N–H and O–H groups in total. The van der Waals surface area contributed by atoms with Gasteiger partial charge < -0.3 is 4.74 Å². The Bertz CT molecular complexity index is 1730. The first kappa shape index (κ1) is 45.8. The lowest BCUT2D eigenvalue weighted by Gasteiger charge is -2.38. The molecule has 0 aromatic heterocycles. The SMILES string of the molecule is CS(=O)(=O)OC(F)(F)C(F)(F)C(F)(F)C(F)(F)C(F)(F)c1ccc(Oc2ccc(C(F)(F)C(F)(F)C(F)(F)C(F)(F)C(F)(F)OS(C)(=O)=O)cc2)cc1. The molecule has 0 bridgehead atoms. The molecule has 29 heteroatoms. The van der Waals surface area contributed by atoms with E-state index >= 15 is 0 Å². The van der Waals surface area contributed by atoms with Crippen LogP contribution in [-0.2, 0) is 40.4 Å². The fraction of sp³-hybridized carbons (Fsp3) is 0.500. The van der Waals surface area contributed by atoms with Crippen molar-refractivity contribution < 1.29 is 118 Å². The normalized spacial score (nSPS) is 15.4. The summed E-state index contributed by atoms with van der Waals surface area (Å²) in [4.78, 5) is 0. The van der Waals surface area contributed by atoms with E-state index in [2.05, 4.69) is 8.37 Å². The molecule has 0 saturated heterocycles. The molecule has 0 aliphatic heterocycles. The summed E-state index contributed by atoms with van der Waals surface area (Å²) in [5.74, 6) is -60.8. The largest absolute Gasteiger partial charge is 0.457 e. The van der Waals surface area contributed by atoms with E-state index < -0.39 is 115 Å². The van der Waals surface area contributed by atoms with E-state index in [1.807, 2.05) is 0 Å². The maximum absolute atomic E-state index is 14.5. The molecule has 2 rings (SSSR count). The van der Waals surface area contributed by atoms with Crippen LogP contribution < -0.4 is 4.74 Å². The quantitative estimate of drug-likeness (QED) is 0.123. The van der Waals surface area contributed by atoms with Crippen molar-refractivity contribution in [3.05, 3.63) is 59.7 Å². The molecule has 0 atom stereocenters. The zero-order chi connectivity index (χ0) is 42.1. The van der Waals surface area contributed by atoms with Crippen molar-refractivity contribution in [2.45, 2.75) is 59.6 Å². The number of halogens is 20. The second-order valence-corrected chi connectivity index (χ2v) is 13.5. The van der Waals surface area contributed by atoms with Gasteiger partial charge in [-0.05, 0) is 48.5 Å². The van der Waals surface area contributed by atoms with Gasteiger partial charge in [0.1, 0.15) is 11.5 Å². The molecular formula is C24H14F20O7S2. The monoisotopic (exact) mass is 858 g/mol. The molecular weight excluding hydrogens is 844 g/mol. The van der Waals surface area contributed by atoms with Crippen LogP contribution in [0, 0.1) is 0 Å². The van der Waals surface area contributed by atoms with Crippen LogP contribution in [0.3, 0.4) is 0 Å². The summed E-state index contributed by atoms with van der Waals surface area (Å²) in [6.07, 6.45) is -14.9. The summed E-state index contributed by atoms with van der Waals surface area (Å²) in [6.45, 7) is 0. The van der Waals surface area contributed by atoms with Crippen LogP contribution in [0.2, 0.25) is 0 Å². The topological polar surface area (TPSA) is 96.0 Å². The van der Waals surface area contributed by atoms with Crippen LogP contribution in [0.15, 0.2) is 48.5 Å².